The fourth-order valence-electron chi connectivity index (χ4n) is 2.14. The maximum absolute atomic E-state index is 6.16. The molecule has 3 rings (SSSR count). The maximum Gasteiger partial charge on any atom is 0.131 e. The zero-order chi connectivity index (χ0) is 12.5. The van der Waals surface area contributed by atoms with E-state index in [2.05, 4.69) is 9.55 Å². The molecule has 0 radical (unpaired) electrons. The van der Waals surface area contributed by atoms with Crippen molar-refractivity contribution in [2.24, 2.45) is 0 Å². The third-order valence-corrected chi connectivity index (χ3v) is 3.19. The number of anilines is 1. The number of nitrogens with two attached hydrogens (primary N) is 1. The lowest BCUT2D eigenvalue weighted by Gasteiger charge is -2.06. The van der Waals surface area contributed by atoms with E-state index in [9.17, 15) is 0 Å². The molecule has 1 saturated carbocycles. The van der Waals surface area contributed by atoms with Gasteiger partial charge in [0.15, 0.2) is 0 Å². The standard InChI is InChI=1S/C14H17N3O/c1-2-18-12-5-3-4-10(8-12)13-14(15)17(9-16-13)11-6-7-11/h3-5,8-9,11H,2,6-7,15H2,1H3. The zero-order valence-corrected chi connectivity index (χ0v) is 10.5. The number of hydrogen-bond acceptors (Lipinski definition) is 3. The first-order valence-corrected chi connectivity index (χ1v) is 6.35. The van der Waals surface area contributed by atoms with Crippen molar-refractivity contribution >= 4 is 5.82 Å². The quantitative estimate of drug-likeness (QED) is 0.898. The molecule has 2 N–H and O–H groups in total. The van der Waals surface area contributed by atoms with Crippen LogP contribution >= 0.6 is 0 Å². The van der Waals surface area contributed by atoms with Crippen molar-refractivity contribution in [3.8, 4) is 17.0 Å². The second-order valence-electron chi connectivity index (χ2n) is 4.58. The predicted octanol–water partition coefficient (Wildman–Crippen LogP) is 2.87. The van der Waals surface area contributed by atoms with E-state index in [1.165, 1.54) is 12.8 Å². The molecule has 4 heteroatoms. The highest BCUT2D eigenvalue weighted by atomic mass is 16.5. The summed E-state index contributed by atoms with van der Waals surface area (Å²) in [4.78, 5) is 4.43. The first kappa shape index (κ1) is 11.1. The van der Waals surface area contributed by atoms with Crippen LogP contribution in [0, 0.1) is 0 Å². The first-order chi connectivity index (χ1) is 8.79. The molecule has 0 aliphatic heterocycles. The predicted molar refractivity (Wildman–Crippen MR) is 71.5 cm³/mol. The Morgan fingerprint density at radius 3 is 3.00 bits per heavy atom. The summed E-state index contributed by atoms with van der Waals surface area (Å²) in [5.74, 6) is 1.61. The molecule has 4 nitrogen and oxygen atoms in total. The van der Waals surface area contributed by atoms with Crippen LogP contribution in [-0.4, -0.2) is 16.2 Å². The van der Waals surface area contributed by atoms with Gasteiger partial charge in [-0.3, -0.25) is 0 Å². The van der Waals surface area contributed by atoms with Gasteiger partial charge in [0, 0.05) is 11.6 Å². The minimum Gasteiger partial charge on any atom is -0.494 e. The normalized spacial score (nSPS) is 14.7. The average Bonchev–Trinajstić information content (AvgIpc) is 3.14. The van der Waals surface area contributed by atoms with Gasteiger partial charge in [0.1, 0.15) is 17.3 Å². The van der Waals surface area contributed by atoms with Gasteiger partial charge in [0.05, 0.1) is 12.9 Å². The van der Waals surface area contributed by atoms with E-state index >= 15 is 0 Å². The van der Waals surface area contributed by atoms with Crippen molar-refractivity contribution in [3.63, 3.8) is 0 Å². The van der Waals surface area contributed by atoms with Crippen molar-refractivity contribution in [1.29, 1.82) is 0 Å². The summed E-state index contributed by atoms with van der Waals surface area (Å²) in [7, 11) is 0. The molecule has 1 aromatic heterocycles. The second-order valence-corrected chi connectivity index (χ2v) is 4.58. The maximum atomic E-state index is 6.16. The Morgan fingerprint density at radius 1 is 1.44 bits per heavy atom. The minimum absolute atomic E-state index is 0.557. The lowest BCUT2D eigenvalue weighted by molar-refractivity contribution is 0.340. The number of aromatic nitrogens is 2. The van der Waals surface area contributed by atoms with Gasteiger partial charge in [-0.05, 0) is 31.9 Å². The lowest BCUT2D eigenvalue weighted by atomic mass is 10.1. The smallest absolute Gasteiger partial charge is 0.131 e. The molecule has 94 valence electrons. The van der Waals surface area contributed by atoms with Crippen LogP contribution in [0.1, 0.15) is 25.8 Å². The minimum atomic E-state index is 0.557. The summed E-state index contributed by atoms with van der Waals surface area (Å²) in [5, 5.41) is 0. The highest BCUT2D eigenvalue weighted by molar-refractivity contribution is 5.71. The molecule has 18 heavy (non-hydrogen) atoms. The number of hydrogen-bond donors (Lipinski definition) is 1. The van der Waals surface area contributed by atoms with Crippen LogP contribution in [0.5, 0.6) is 5.75 Å². The second kappa shape index (κ2) is 4.37. The summed E-state index contributed by atoms with van der Waals surface area (Å²) < 4.78 is 7.57. The molecule has 0 spiro atoms. The fraction of sp³-hybridized carbons (Fsp3) is 0.357. The van der Waals surface area contributed by atoms with Gasteiger partial charge in [-0.2, -0.15) is 0 Å². The van der Waals surface area contributed by atoms with E-state index in [1.54, 1.807) is 0 Å². The Bertz CT molecular complexity index is 558. The molecular formula is C14H17N3O. The van der Waals surface area contributed by atoms with Crippen LogP contribution in [0.15, 0.2) is 30.6 Å². The average molecular weight is 243 g/mol. The summed E-state index contributed by atoms with van der Waals surface area (Å²) in [5.41, 5.74) is 8.02. The third kappa shape index (κ3) is 1.94. The molecular weight excluding hydrogens is 226 g/mol. The van der Waals surface area contributed by atoms with E-state index in [4.69, 9.17) is 10.5 Å². The molecule has 2 aromatic rings. The van der Waals surface area contributed by atoms with E-state index in [0.717, 1.165) is 22.8 Å². The Balaban J connectivity index is 1.96. The van der Waals surface area contributed by atoms with Crippen molar-refractivity contribution in [2.75, 3.05) is 12.3 Å². The van der Waals surface area contributed by atoms with E-state index in [0.29, 0.717) is 12.6 Å². The largest absolute Gasteiger partial charge is 0.494 e. The van der Waals surface area contributed by atoms with Gasteiger partial charge in [0.25, 0.3) is 0 Å². The highest BCUT2D eigenvalue weighted by Gasteiger charge is 2.26. The Labute approximate surface area is 106 Å². The van der Waals surface area contributed by atoms with E-state index < -0.39 is 0 Å². The summed E-state index contributed by atoms with van der Waals surface area (Å²) in [6.45, 7) is 2.64. The summed E-state index contributed by atoms with van der Waals surface area (Å²) in [6, 6.07) is 8.47. The topological polar surface area (TPSA) is 53.1 Å². The molecule has 1 aliphatic rings. The number of imidazole rings is 1. The van der Waals surface area contributed by atoms with Crippen LogP contribution in [0.4, 0.5) is 5.82 Å². The van der Waals surface area contributed by atoms with Crippen molar-refractivity contribution in [3.05, 3.63) is 30.6 Å². The fourth-order valence-corrected chi connectivity index (χ4v) is 2.14. The SMILES string of the molecule is CCOc1cccc(-c2ncn(C3CC3)c2N)c1. The molecule has 1 aliphatic carbocycles. The molecule has 0 saturated heterocycles. The third-order valence-electron chi connectivity index (χ3n) is 3.19. The summed E-state index contributed by atoms with van der Waals surface area (Å²) in [6.07, 6.45) is 4.26. The summed E-state index contributed by atoms with van der Waals surface area (Å²) >= 11 is 0. The van der Waals surface area contributed by atoms with Crippen LogP contribution in [0.2, 0.25) is 0 Å². The van der Waals surface area contributed by atoms with Gasteiger partial charge in [-0.15, -0.1) is 0 Å². The molecule has 0 amide bonds. The molecule has 0 bridgehead atoms. The Hall–Kier alpha value is -1.97. The van der Waals surface area contributed by atoms with Crippen LogP contribution < -0.4 is 10.5 Å². The first-order valence-electron chi connectivity index (χ1n) is 6.35. The Morgan fingerprint density at radius 2 is 2.28 bits per heavy atom. The number of benzene rings is 1. The van der Waals surface area contributed by atoms with Gasteiger partial charge < -0.3 is 15.0 Å². The molecule has 1 heterocycles. The zero-order valence-electron chi connectivity index (χ0n) is 10.5. The number of rotatable bonds is 4. The number of nitrogens with zero attached hydrogens (tertiary/aromatic N) is 2. The van der Waals surface area contributed by atoms with Crippen molar-refractivity contribution in [2.45, 2.75) is 25.8 Å². The number of nitrogen functional groups attached to an aromatic ring is 1. The molecule has 1 fully saturated rings. The van der Waals surface area contributed by atoms with E-state index in [1.807, 2.05) is 37.5 Å². The van der Waals surface area contributed by atoms with Crippen LogP contribution in [0.3, 0.4) is 0 Å². The lowest BCUT2D eigenvalue weighted by Crippen LogP contribution is -1.99. The van der Waals surface area contributed by atoms with Crippen LogP contribution in [0.25, 0.3) is 11.3 Å². The number of ether oxygens (including phenoxy) is 1. The molecule has 1 aromatic carbocycles. The molecule has 0 atom stereocenters. The van der Waals surface area contributed by atoms with Gasteiger partial charge in [0.2, 0.25) is 0 Å². The van der Waals surface area contributed by atoms with Gasteiger partial charge in [-0.1, -0.05) is 12.1 Å². The molecule has 0 unspecified atom stereocenters. The van der Waals surface area contributed by atoms with Crippen LogP contribution in [-0.2, 0) is 0 Å². The van der Waals surface area contributed by atoms with Gasteiger partial charge in [-0.25, -0.2) is 4.98 Å². The van der Waals surface area contributed by atoms with Gasteiger partial charge >= 0.3 is 0 Å². The monoisotopic (exact) mass is 243 g/mol. The Kier molecular flexibility index (Phi) is 2.70. The van der Waals surface area contributed by atoms with Crippen molar-refractivity contribution < 1.29 is 4.74 Å². The van der Waals surface area contributed by atoms with Crippen molar-refractivity contribution in [1.82, 2.24) is 9.55 Å². The highest BCUT2D eigenvalue weighted by Crippen LogP contribution is 2.39. The van der Waals surface area contributed by atoms with E-state index in [-0.39, 0.29) is 0 Å².